The van der Waals surface area contributed by atoms with Crippen molar-refractivity contribution in [3.63, 3.8) is 0 Å². The van der Waals surface area contributed by atoms with Crippen LogP contribution in [0.5, 0.6) is 0 Å². The number of carbonyl (C=O) groups is 1. The molecule has 1 aliphatic rings. The van der Waals surface area contributed by atoms with Gasteiger partial charge in [-0.3, -0.25) is 14.2 Å². The van der Waals surface area contributed by atoms with Crippen molar-refractivity contribution in [2.75, 3.05) is 11.1 Å². The summed E-state index contributed by atoms with van der Waals surface area (Å²) in [4.78, 5) is 29.1. The Labute approximate surface area is 149 Å². The Morgan fingerprint density at radius 1 is 1.42 bits per heavy atom. The van der Waals surface area contributed by atoms with Gasteiger partial charge in [0.25, 0.3) is 5.56 Å². The lowest BCUT2D eigenvalue weighted by molar-refractivity contribution is -0.116. The maximum atomic E-state index is 12.4. The zero-order valence-corrected chi connectivity index (χ0v) is 14.9. The molecule has 2 aromatic rings. The summed E-state index contributed by atoms with van der Waals surface area (Å²) in [6.45, 7) is 2.06. The molecule has 1 aliphatic heterocycles. The lowest BCUT2D eigenvalue weighted by Gasteiger charge is -2.13. The van der Waals surface area contributed by atoms with Crippen LogP contribution in [0, 0.1) is 0 Å². The molecule has 2 heterocycles. The van der Waals surface area contributed by atoms with Crippen LogP contribution in [-0.2, 0) is 11.2 Å². The first-order valence-electron chi connectivity index (χ1n) is 7.87. The van der Waals surface area contributed by atoms with Gasteiger partial charge in [-0.15, -0.1) is 0 Å². The maximum absolute atomic E-state index is 12.4. The Morgan fingerprint density at radius 3 is 2.88 bits per heavy atom. The molecule has 1 amide bonds. The third-order valence-electron chi connectivity index (χ3n) is 3.80. The Kier molecular flexibility index (Phi) is 5.26. The fourth-order valence-corrected chi connectivity index (χ4v) is 3.99. The molecule has 0 spiro atoms. The third-order valence-corrected chi connectivity index (χ3v) is 5.15. The smallest absolute Gasteiger partial charge is 0.254 e. The van der Waals surface area contributed by atoms with Crippen molar-refractivity contribution >= 4 is 35.0 Å². The number of hydrogen-bond donors (Lipinski definition) is 1. The highest BCUT2D eigenvalue weighted by molar-refractivity contribution is 7.99. The number of thioether (sulfide) groups is 1. The number of rotatable bonds is 5. The van der Waals surface area contributed by atoms with E-state index in [9.17, 15) is 9.59 Å². The number of anilines is 1. The zero-order valence-electron chi connectivity index (χ0n) is 13.3. The lowest BCUT2D eigenvalue weighted by atomic mass is 10.2. The van der Waals surface area contributed by atoms with E-state index in [1.54, 1.807) is 34.9 Å². The quantitative estimate of drug-likeness (QED) is 0.825. The summed E-state index contributed by atoms with van der Waals surface area (Å²) in [5.41, 5.74) is 1.45. The normalized spacial score (nSPS) is 16.0. The zero-order chi connectivity index (χ0) is 17.1. The van der Waals surface area contributed by atoms with Gasteiger partial charge in [-0.2, -0.15) is 0 Å². The molecule has 0 fully saturated rings. The van der Waals surface area contributed by atoms with Gasteiger partial charge in [0.2, 0.25) is 5.91 Å². The molecule has 126 valence electrons. The predicted octanol–water partition coefficient (Wildman–Crippen LogP) is 3.52. The number of aryl methyl sites for hydroxylation is 1. The van der Waals surface area contributed by atoms with Crippen LogP contribution in [-0.4, -0.2) is 21.2 Å². The average molecular weight is 364 g/mol. The first kappa shape index (κ1) is 17.0. The summed E-state index contributed by atoms with van der Waals surface area (Å²) in [6, 6.07) is 8.38. The molecule has 5 nitrogen and oxygen atoms in total. The van der Waals surface area contributed by atoms with Crippen LogP contribution in [0.15, 0.2) is 40.3 Å². The third kappa shape index (κ3) is 3.82. The van der Waals surface area contributed by atoms with Crippen molar-refractivity contribution in [3.8, 4) is 0 Å². The molecule has 1 atom stereocenters. The number of aromatic nitrogens is 2. The van der Waals surface area contributed by atoms with Crippen LogP contribution in [0.4, 0.5) is 5.69 Å². The second-order valence-electron chi connectivity index (χ2n) is 5.71. The number of benzene rings is 1. The molecule has 1 N–H and O–H groups in total. The number of carbonyl (C=O) groups excluding carboxylic acids is 1. The Balaban J connectivity index is 1.71. The van der Waals surface area contributed by atoms with E-state index < -0.39 is 0 Å². The number of nitrogens with one attached hydrogen (secondary N) is 1. The highest BCUT2D eigenvalue weighted by Gasteiger charge is 2.27. The average Bonchev–Trinajstić information content (AvgIpc) is 2.93. The Bertz CT molecular complexity index is 804. The topological polar surface area (TPSA) is 64.0 Å². The van der Waals surface area contributed by atoms with E-state index in [0.29, 0.717) is 16.5 Å². The van der Waals surface area contributed by atoms with E-state index in [-0.39, 0.29) is 23.9 Å². The summed E-state index contributed by atoms with van der Waals surface area (Å²) >= 11 is 7.37. The first-order chi connectivity index (χ1) is 11.6. The fourth-order valence-electron chi connectivity index (χ4n) is 2.69. The molecule has 1 unspecified atom stereocenters. The number of fused-ring (bicyclic) bond motifs is 1. The highest BCUT2D eigenvalue weighted by atomic mass is 35.5. The molecule has 0 aliphatic carbocycles. The second kappa shape index (κ2) is 7.40. The van der Waals surface area contributed by atoms with E-state index in [1.165, 1.54) is 11.8 Å². The number of amides is 1. The van der Waals surface area contributed by atoms with Crippen molar-refractivity contribution in [3.05, 3.63) is 51.4 Å². The van der Waals surface area contributed by atoms with E-state index in [0.717, 1.165) is 23.7 Å². The van der Waals surface area contributed by atoms with Crippen molar-refractivity contribution in [1.82, 2.24) is 9.55 Å². The largest absolute Gasteiger partial charge is 0.326 e. The van der Waals surface area contributed by atoms with Gasteiger partial charge in [-0.1, -0.05) is 36.7 Å². The van der Waals surface area contributed by atoms with Crippen molar-refractivity contribution < 1.29 is 4.79 Å². The van der Waals surface area contributed by atoms with Crippen LogP contribution in [0.25, 0.3) is 0 Å². The SMILES string of the molecule is CCCc1cc(=O)n2c(n1)SCC2CC(=O)Nc1ccc(Cl)cc1. The van der Waals surface area contributed by atoms with Crippen molar-refractivity contribution in [2.45, 2.75) is 37.4 Å². The monoisotopic (exact) mass is 363 g/mol. The standard InChI is InChI=1S/C17H18ClN3O2S/c1-2-3-13-8-16(23)21-14(10-24-17(21)20-13)9-15(22)19-12-6-4-11(18)5-7-12/h4-8,14H,2-3,9-10H2,1H3,(H,19,22). The van der Waals surface area contributed by atoms with E-state index in [1.807, 2.05) is 0 Å². The van der Waals surface area contributed by atoms with Gasteiger partial charge in [-0.05, 0) is 30.7 Å². The van der Waals surface area contributed by atoms with Crippen LogP contribution in [0.3, 0.4) is 0 Å². The molecule has 24 heavy (non-hydrogen) atoms. The minimum Gasteiger partial charge on any atom is -0.326 e. The minimum absolute atomic E-state index is 0.0715. The molecule has 3 rings (SSSR count). The van der Waals surface area contributed by atoms with Gasteiger partial charge >= 0.3 is 0 Å². The van der Waals surface area contributed by atoms with E-state index in [2.05, 4.69) is 17.2 Å². The molecule has 0 bridgehead atoms. The molecule has 1 aromatic heterocycles. The maximum Gasteiger partial charge on any atom is 0.254 e. The summed E-state index contributed by atoms with van der Waals surface area (Å²) < 4.78 is 1.64. The van der Waals surface area contributed by atoms with Crippen molar-refractivity contribution in [2.24, 2.45) is 0 Å². The summed E-state index contributed by atoms with van der Waals surface area (Å²) in [6.07, 6.45) is 2.00. The second-order valence-corrected chi connectivity index (χ2v) is 7.14. The van der Waals surface area contributed by atoms with Crippen LogP contribution in [0.2, 0.25) is 5.02 Å². The number of halogens is 1. The van der Waals surface area contributed by atoms with Gasteiger partial charge in [0.1, 0.15) is 0 Å². The molecular formula is C17H18ClN3O2S. The molecule has 0 radical (unpaired) electrons. The summed E-state index contributed by atoms with van der Waals surface area (Å²) in [5.74, 6) is 0.562. The van der Waals surface area contributed by atoms with Crippen molar-refractivity contribution in [1.29, 1.82) is 0 Å². The highest BCUT2D eigenvalue weighted by Crippen LogP contribution is 2.32. The molecule has 0 saturated carbocycles. The molecule has 7 heteroatoms. The van der Waals surface area contributed by atoms with Gasteiger partial charge in [0.15, 0.2) is 5.16 Å². The van der Waals surface area contributed by atoms with Crippen LogP contribution in [0.1, 0.15) is 31.5 Å². The fraction of sp³-hybridized carbons (Fsp3) is 0.353. The number of hydrogen-bond acceptors (Lipinski definition) is 4. The van der Waals surface area contributed by atoms with Crippen LogP contribution >= 0.6 is 23.4 Å². The van der Waals surface area contributed by atoms with Crippen LogP contribution < -0.4 is 10.9 Å². The van der Waals surface area contributed by atoms with Gasteiger partial charge in [0.05, 0.1) is 6.04 Å². The van der Waals surface area contributed by atoms with E-state index >= 15 is 0 Å². The number of nitrogens with zero attached hydrogens (tertiary/aromatic N) is 2. The Morgan fingerprint density at radius 2 is 2.17 bits per heavy atom. The van der Waals surface area contributed by atoms with Gasteiger partial charge in [0, 0.05) is 34.6 Å². The first-order valence-corrected chi connectivity index (χ1v) is 9.24. The van der Waals surface area contributed by atoms with E-state index in [4.69, 9.17) is 11.6 Å². The Hall–Kier alpha value is -1.79. The summed E-state index contributed by atoms with van der Waals surface area (Å²) in [7, 11) is 0. The van der Waals surface area contributed by atoms with Gasteiger partial charge < -0.3 is 5.32 Å². The predicted molar refractivity (Wildman–Crippen MR) is 97.0 cm³/mol. The lowest BCUT2D eigenvalue weighted by Crippen LogP contribution is -2.27. The molecule has 1 aromatic carbocycles. The summed E-state index contributed by atoms with van der Waals surface area (Å²) in [5, 5.41) is 4.17. The minimum atomic E-state index is -0.159. The molecular weight excluding hydrogens is 346 g/mol. The molecule has 0 saturated heterocycles. The van der Waals surface area contributed by atoms with Gasteiger partial charge in [-0.25, -0.2) is 4.98 Å².